The molecule has 0 aliphatic carbocycles. The van der Waals surface area contributed by atoms with Crippen molar-refractivity contribution < 1.29 is 4.79 Å². The van der Waals surface area contributed by atoms with E-state index in [1.807, 2.05) is 31.2 Å². The highest BCUT2D eigenvalue weighted by Gasteiger charge is 2.00. The van der Waals surface area contributed by atoms with Crippen LogP contribution in [0.2, 0.25) is 0 Å². The van der Waals surface area contributed by atoms with Crippen molar-refractivity contribution in [2.45, 2.75) is 19.8 Å². The first-order chi connectivity index (χ1) is 6.72. The van der Waals surface area contributed by atoms with Crippen molar-refractivity contribution in [3.63, 3.8) is 0 Å². The van der Waals surface area contributed by atoms with Crippen molar-refractivity contribution in [2.75, 3.05) is 11.1 Å². The van der Waals surface area contributed by atoms with Crippen LogP contribution in [0, 0.1) is 6.92 Å². The lowest BCUT2D eigenvalue weighted by Gasteiger charge is -2.04. The first-order valence-corrected chi connectivity index (χ1v) is 5.33. The number of hydrogen-bond acceptors (Lipinski definition) is 2. The molecule has 1 aromatic rings. The number of benzene rings is 1. The summed E-state index contributed by atoms with van der Waals surface area (Å²) in [6, 6.07) is 7.78. The predicted octanol–water partition coefficient (Wildman–Crippen LogP) is 2.64. The van der Waals surface area contributed by atoms with Crippen LogP contribution in [0.15, 0.2) is 24.3 Å². The largest absolute Gasteiger partial charge is 0.326 e. The predicted molar refractivity (Wildman–Crippen MR) is 62.9 cm³/mol. The van der Waals surface area contributed by atoms with Gasteiger partial charge < -0.3 is 5.32 Å². The van der Waals surface area contributed by atoms with E-state index in [0.717, 1.165) is 17.9 Å². The first kappa shape index (κ1) is 11.1. The minimum atomic E-state index is 0.0582. The van der Waals surface area contributed by atoms with E-state index in [9.17, 15) is 4.79 Å². The van der Waals surface area contributed by atoms with Gasteiger partial charge in [0.15, 0.2) is 0 Å². The van der Waals surface area contributed by atoms with Gasteiger partial charge in [-0.3, -0.25) is 4.79 Å². The Morgan fingerprint density at radius 1 is 1.36 bits per heavy atom. The van der Waals surface area contributed by atoms with Gasteiger partial charge in [-0.1, -0.05) is 17.7 Å². The van der Waals surface area contributed by atoms with E-state index in [1.54, 1.807) is 0 Å². The van der Waals surface area contributed by atoms with Gasteiger partial charge in [-0.15, -0.1) is 0 Å². The number of carbonyl (C=O) groups excluding carboxylic acids is 1. The second kappa shape index (κ2) is 5.70. The Morgan fingerprint density at radius 3 is 2.57 bits per heavy atom. The highest BCUT2D eigenvalue weighted by Crippen LogP contribution is 2.09. The van der Waals surface area contributed by atoms with E-state index in [1.165, 1.54) is 5.56 Å². The topological polar surface area (TPSA) is 29.1 Å². The molecule has 0 radical (unpaired) electrons. The summed E-state index contributed by atoms with van der Waals surface area (Å²) in [7, 11) is 0. The fraction of sp³-hybridized carbons (Fsp3) is 0.364. The summed E-state index contributed by atoms with van der Waals surface area (Å²) in [5, 5.41) is 2.83. The van der Waals surface area contributed by atoms with E-state index in [0.29, 0.717) is 6.42 Å². The molecule has 0 bridgehead atoms. The molecule has 76 valence electrons. The number of hydrogen-bond donors (Lipinski definition) is 2. The zero-order valence-corrected chi connectivity index (χ0v) is 9.18. The maximum Gasteiger partial charge on any atom is 0.224 e. The Morgan fingerprint density at radius 2 is 2.00 bits per heavy atom. The molecule has 0 heterocycles. The van der Waals surface area contributed by atoms with Crippen molar-refractivity contribution in [2.24, 2.45) is 0 Å². The van der Waals surface area contributed by atoms with Gasteiger partial charge in [-0.2, -0.15) is 12.6 Å². The van der Waals surface area contributed by atoms with Crippen LogP contribution in [0.4, 0.5) is 5.69 Å². The number of aryl methyl sites for hydroxylation is 1. The molecule has 3 heteroatoms. The molecule has 14 heavy (non-hydrogen) atoms. The molecular weight excluding hydrogens is 194 g/mol. The minimum absolute atomic E-state index is 0.0582. The molecule has 1 N–H and O–H groups in total. The van der Waals surface area contributed by atoms with Gasteiger partial charge in [-0.05, 0) is 31.2 Å². The third-order valence-corrected chi connectivity index (χ3v) is 2.21. The van der Waals surface area contributed by atoms with Crippen LogP contribution in [-0.2, 0) is 4.79 Å². The molecule has 0 aliphatic heterocycles. The molecule has 1 aromatic carbocycles. The Bertz CT molecular complexity index is 295. The minimum Gasteiger partial charge on any atom is -0.326 e. The molecule has 0 aromatic heterocycles. The number of anilines is 1. The molecule has 0 aliphatic rings. The molecular formula is C11H15NOS. The van der Waals surface area contributed by atoms with Crippen LogP contribution in [0.1, 0.15) is 18.4 Å². The molecule has 1 amide bonds. The Kier molecular flexibility index (Phi) is 4.53. The van der Waals surface area contributed by atoms with Crippen LogP contribution in [0.3, 0.4) is 0 Å². The zero-order chi connectivity index (χ0) is 10.4. The van der Waals surface area contributed by atoms with Crippen molar-refractivity contribution in [3.05, 3.63) is 29.8 Å². The fourth-order valence-electron chi connectivity index (χ4n) is 1.10. The Balaban J connectivity index is 2.44. The van der Waals surface area contributed by atoms with Gasteiger partial charge in [0.25, 0.3) is 0 Å². The monoisotopic (exact) mass is 209 g/mol. The first-order valence-electron chi connectivity index (χ1n) is 4.70. The maximum atomic E-state index is 11.3. The summed E-state index contributed by atoms with van der Waals surface area (Å²) in [6.07, 6.45) is 1.36. The molecule has 0 saturated carbocycles. The van der Waals surface area contributed by atoms with Crippen LogP contribution >= 0.6 is 12.6 Å². The van der Waals surface area contributed by atoms with Crippen LogP contribution in [0.5, 0.6) is 0 Å². The summed E-state index contributed by atoms with van der Waals surface area (Å²) in [5.41, 5.74) is 2.05. The third kappa shape index (κ3) is 3.83. The Labute approximate surface area is 90.1 Å². The quantitative estimate of drug-likeness (QED) is 0.733. The van der Waals surface area contributed by atoms with Gasteiger partial charge in [0.05, 0.1) is 0 Å². The summed E-state index contributed by atoms with van der Waals surface area (Å²) in [6.45, 7) is 2.02. The van der Waals surface area contributed by atoms with Crippen molar-refractivity contribution >= 4 is 24.2 Å². The van der Waals surface area contributed by atoms with E-state index in [2.05, 4.69) is 17.9 Å². The van der Waals surface area contributed by atoms with Crippen LogP contribution < -0.4 is 5.32 Å². The van der Waals surface area contributed by atoms with Crippen LogP contribution in [0.25, 0.3) is 0 Å². The van der Waals surface area contributed by atoms with Gasteiger partial charge in [-0.25, -0.2) is 0 Å². The molecule has 0 spiro atoms. The van der Waals surface area contributed by atoms with E-state index < -0.39 is 0 Å². The average molecular weight is 209 g/mol. The maximum absolute atomic E-state index is 11.3. The number of rotatable bonds is 4. The lowest BCUT2D eigenvalue weighted by Crippen LogP contribution is -2.11. The molecule has 2 nitrogen and oxygen atoms in total. The summed E-state index contributed by atoms with van der Waals surface area (Å²) < 4.78 is 0. The fourth-order valence-corrected chi connectivity index (χ4v) is 1.26. The van der Waals surface area contributed by atoms with Crippen molar-refractivity contribution in [1.29, 1.82) is 0 Å². The molecule has 0 saturated heterocycles. The number of amides is 1. The smallest absolute Gasteiger partial charge is 0.224 e. The number of nitrogens with one attached hydrogen (secondary N) is 1. The summed E-state index contributed by atoms with van der Waals surface area (Å²) >= 11 is 4.05. The van der Waals surface area contributed by atoms with E-state index in [4.69, 9.17) is 0 Å². The van der Waals surface area contributed by atoms with Gasteiger partial charge in [0.1, 0.15) is 0 Å². The summed E-state index contributed by atoms with van der Waals surface area (Å²) in [5.74, 6) is 0.810. The molecule has 1 rings (SSSR count). The molecule has 0 fully saturated rings. The van der Waals surface area contributed by atoms with Gasteiger partial charge in [0, 0.05) is 12.1 Å². The lowest BCUT2D eigenvalue weighted by molar-refractivity contribution is -0.116. The number of carbonyl (C=O) groups is 1. The van der Waals surface area contributed by atoms with Crippen molar-refractivity contribution in [1.82, 2.24) is 0 Å². The standard InChI is InChI=1S/C11H15NOS/c1-9-4-6-10(7-5-9)12-11(13)3-2-8-14/h4-7,14H,2-3,8H2,1H3,(H,12,13). The van der Waals surface area contributed by atoms with Gasteiger partial charge >= 0.3 is 0 Å². The molecule has 0 unspecified atom stereocenters. The second-order valence-electron chi connectivity index (χ2n) is 3.24. The normalized spacial score (nSPS) is 9.86. The third-order valence-electron chi connectivity index (χ3n) is 1.90. The number of thiol groups is 1. The van der Waals surface area contributed by atoms with Gasteiger partial charge in [0.2, 0.25) is 5.91 Å². The SMILES string of the molecule is Cc1ccc(NC(=O)CCCS)cc1. The second-order valence-corrected chi connectivity index (χ2v) is 3.69. The average Bonchev–Trinajstić information content (AvgIpc) is 2.18. The lowest BCUT2D eigenvalue weighted by atomic mass is 10.2. The summed E-state index contributed by atoms with van der Waals surface area (Å²) in [4.78, 5) is 11.3. The van der Waals surface area contributed by atoms with E-state index in [-0.39, 0.29) is 5.91 Å². The van der Waals surface area contributed by atoms with E-state index >= 15 is 0 Å². The highest BCUT2D eigenvalue weighted by atomic mass is 32.1. The highest BCUT2D eigenvalue weighted by molar-refractivity contribution is 7.80. The van der Waals surface area contributed by atoms with Crippen LogP contribution in [-0.4, -0.2) is 11.7 Å². The zero-order valence-electron chi connectivity index (χ0n) is 8.29. The Hall–Kier alpha value is -0.960. The van der Waals surface area contributed by atoms with Crippen molar-refractivity contribution in [3.8, 4) is 0 Å². The molecule has 0 atom stereocenters.